The van der Waals surface area contributed by atoms with Gasteiger partial charge < -0.3 is 19.9 Å². The van der Waals surface area contributed by atoms with Crippen LogP contribution in [0.3, 0.4) is 0 Å². The van der Waals surface area contributed by atoms with Crippen molar-refractivity contribution in [2.75, 3.05) is 20.2 Å². The largest absolute Gasteiger partial charge is 0.378 e. The van der Waals surface area contributed by atoms with Gasteiger partial charge in [0.15, 0.2) is 0 Å². The van der Waals surface area contributed by atoms with Crippen LogP contribution in [0.15, 0.2) is 30.3 Å². The molecule has 2 aromatic rings. The van der Waals surface area contributed by atoms with Gasteiger partial charge in [0, 0.05) is 38.1 Å². The zero-order chi connectivity index (χ0) is 14.1. The van der Waals surface area contributed by atoms with E-state index in [1.54, 1.807) is 7.11 Å². The predicted molar refractivity (Wildman–Crippen MR) is 85.1 cm³/mol. The summed E-state index contributed by atoms with van der Waals surface area (Å²) >= 11 is 0. The molecule has 1 aliphatic rings. The molecule has 1 aromatic heterocycles. The van der Waals surface area contributed by atoms with Gasteiger partial charge in [0.1, 0.15) is 5.69 Å². The van der Waals surface area contributed by atoms with Gasteiger partial charge >= 0.3 is 0 Å². The van der Waals surface area contributed by atoms with Crippen LogP contribution in [0.25, 0.3) is 10.9 Å². The monoisotopic (exact) mass is 309 g/mol. The molecule has 1 aromatic carbocycles. The number of carbonyl (C=O) groups excluding carboxylic acids is 1. The first-order chi connectivity index (χ1) is 9.70. The Morgan fingerprint density at radius 2 is 2.14 bits per heavy atom. The molecule has 1 amide bonds. The van der Waals surface area contributed by atoms with Crippen LogP contribution in [-0.4, -0.2) is 42.8 Å². The first-order valence-corrected chi connectivity index (χ1v) is 6.79. The summed E-state index contributed by atoms with van der Waals surface area (Å²) in [6, 6.07) is 9.93. The first kappa shape index (κ1) is 15.8. The minimum absolute atomic E-state index is 0. The van der Waals surface area contributed by atoms with Gasteiger partial charge in [0.05, 0.1) is 12.1 Å². The summed E-state index contributed by atoms with van der Waals surface area (Å²) < 4.78 is 7.29. The molecule has 0 bridgehead atoms. The fourth-order valence-electron chi connectivity index (χ4n) is 2.80. The smallest absolute Gasteiger partial charge is 0.268 e. The summed E-state index contributed by atoms with van der Waals surface area (Å²) in [4.78, 5) is 12.4. The zero-order valence-electron chi connectivity index (χ0n) is 12.1. The van der Waals surface area contributed by atoms with Crippen LogP contribution in [-0.2, 0) is 11.8 Å². The third-order valence-electron chi connectivity index (χ3n) is 3.96. The van der Waals surface area contributed by atoms with Crippen molar-refractivity contribution in [1.29, 1.82) is 0 Å². The van der Waals surface area contributed by atoms with Crippen LogP contribution in [0, 0.1) is 0 Å². The SMILES string of the molecule is COC1CNCC1NC(=O)c1cc2ccccc2n1C.Cl. The van der Waals surface area contributed by atoms with Crippen LogP contribution in [0.4, 0.5) is 0 Å². The van der Waals surface area contributed by atoms with Crippen LogP contribution in [0.2, 0.25) is 0 Å². The standard InChI is InChI=1S/C15H19N3O2.ClH/c1-18-12-6-4-3-5-10(12)7-13(18)15(19)17-11-8-16-9-14(11)20-2;/h3-7,11,14,16H,8-9H2,1-2H3,(H,17,19);1H. The van der Waals surface area contributed by atoms with Crippen LogP contribution >= 0.6 is 12.4 Å². The van der Waals surface area contributed by atoms with E-state index in [1.165, 1.54) is 0 Å². The molecule has 2 unspecified atom stereocenters. The number of hydrogen-bond donors (Lipinski definition) is 2. The Bertz CT molecular complexity index is 641. The van der Waals surface area contributed by atoms with Crippen molar-refractivity contribution in [3.8, 4) is 0 Å². The molecule has 1 fully saturated rings. The number of para-hydroxylation sites is 1. The van der Waals surface area contributed by atoms with E-state index in [0.29, 0.717) is 5.69 Å². The summed E-state index contributed by atoms with van der Waals surface area (Å²) in [5, 5.41) is 7.35. The Hall–Kier alpha value is -1.56. The summed E-state index contributed by atoms with van der Waals surface area (Å²) in [5.74, 6) is -0.0561. The van der Waals surface area contributed by atoms with E-state index in [9.17, 15) is 4.79 Å². The first-order valence-electron chi connectivity index (χ1n) is 6.79. The average Bonchev–Trinajstić information content (AvgIpc) is 3.04. The molecule has 2 atom stereocenters. The normalized spacial score (nSPS) is 21.2. The number of ether oxygens (including phenoxy) is 1. The van der Waals surface area contributed by atoms with Gasteiger partial charge in [-0.05, 0) is 12.1 Å². The van der Waals surface area contributed by atoms with Crippen molar-refractivity contribution >= 4 is 29.2 Å². The molecule has 0 saturated carbocycles. The van der Waals surface area contributed by atoms with Crippen molar-refractivity contribution in [2.45, 2.75) is 12.1 Å². The fraction of sp³-hybridized carbons (Fsp3) is 0.400. The number of nitrogens with zero attached hydrogens (tertiary/aromatic N) is 1. The van der Waals surface area contributed by atoms with Gasteiger partial charge in [-0.3, -0.25) is 4.79 Å². The highest BCUT2D eigenvalue weighted by molar-refractivity contribution is 5.98. The lowest BCUT2D eigenvalue weighted by atomic mass is 10.2. The van der Waals surface area contributed by atoms with E-state index < -0.39 is 0 Å². The van der Waals surface area contributed by atoms with E-state index in [1.807, 2.05) is 41.9 Å². The molecule has 1 saturated heterocycles. The van der Waals surface area contributed by atoms with E-state index in [4.69, 9.17) is 4.74 Å². The highest BCUT2D eigenvalue weighted by Gasteiger charge is 2.29. The average molecular weight is 310 g/mol. The Balaban J connectivity index is 0.00000161. The third kappa shape index (κ3) is 2.90. The summed E-state index contributed by atoms with van der Waals surface area (Å²) in [7, 11) is 3.59. The van der Waals surface area contributed by atoms with Crippen molar-refractivity contribution < 1.29 is 9.53 Å². The quantitative estimate of drug-likeness (QED) is 0.899. The Morgan fingerprint density at radius 3 is 2.86 bits per heavy atom. The van der Waals surface area contributed by atoms with Crippen LogP contribution in [0.5, 0.6) is 0 Å². The third-order valence-corrected chi connectivity index (χ3v) is 3.96. The van der Waals surface area contributed by atoms with Gasteiger partial charge in [0.2, 0.25) is 0 Å². The second-order valence-corrected chi connectivity index (χ2v) is 5.16. The van der Waals surface area contributed by atoms with Crippen molar-refractivity contribution in [1.82, 2.24) is 15.2 Å². The number of hydrogen-bond acceptors (Lipinski definition) is 3. The molecule has 5 nitrogen and oxygen atoms in total. The Kier molecular flexibility index (Phi) is 4.88. The van der Waals surface area contributed by atoms with Gasteiger partial charge in [-0.15, -0.1) is 12.4 Å². The number of aromatic nitrogens is 1. The molecule has 0 aliphatic carbocycles. The molecule has 1 aliphatic heterocycles. The van der Waals surface area contributed by atoms with Gasteiger partial charge in [-0.1, -0.05) is 18.2 Å². The molecule has 21 heavy (non-hydrogen) atoms. The van der Waals surface area contributed by atoms with Gasteiger partial charge in [-0.2, -0.15) is 0 Å². The number of halogens is 1. The molecule has 114 valence electrons. The number of benzene rings is 1. The molecular formula is C15H20ClN3O2. The van der Waals surface area contributed by atoms with Crippen molar-refractivity contribution in [3.63, 3.8) is 0 Å². The molecular weight excluding hydrogens is 290 g/mol. The lowest BCUT2D eigenvalue weighted by Gasteiger charge is -2.18. The lowest BCUT2D eigenvalue weighted by Crippen LogP contribution is -2.44. The molecule has 6 heteroatoms. The maximum absolute atomic E-state index is 12.4. The lowest BCUT2D eigenvalue weighted by molar-refractivity contribution is 0.0774. The summed E-state index contributed by atoms with van der Waals surface area (Å²) in [6.45, 7) is 1.52. The number of fused-ring (bicyclic) bond motifs is 1. The van der Waals surface area contributed by atoms with E-state index in [-0.39, 0.29) is 30.5 Å². The second-order valence-electron chi connectivity index (χ2n) is 5.16. The van der Waals surface area contributed by atoms with Gasteiger partial charge in [0.25, 0.3) is 5.91 Å². The highest BCUT2D eigenvalue weighted by atomic mass is 35.5. The Morgan fingerprint density at radius 1 is 1.38 bits per heavy atom. The molecule has 0 radical (unpaired) electrons. The minimum atomic E-state index is -0.0561. The van der Waals surface area contributed by atoms with E-state index in [2.05, 4.69) is 10.6 Å². The van der Waals surface area contributed by atoms with Gasteiger partial charge in [-0.25, -0.2) is 0 Å². The van der Waals surface area contributed by atoms with E-state index in [0.717, 1.165) is 24.0 Å². The second kappa shape index (κ2) is 6.47. The summed E-state index contributed by atoms with van der Waals surface area (Å²) in [5.41, 5.74) is 1.73. The maximum Gasteiger partial charge on any atom is 0.268 e. The number of nitrogens with one attached hydrogen (secondary N) is 2. The molecule has 2 heterocycles. The topological polar surface area (TPSA) is 55.3 Å². The highest BCUT2D eigenvalue weighted by Crippen LogP contribution is 2.18. The minimum Gasteiger partial charge on any atom is -0.378 e. The number of rotatable bonds is 3. The number of methoxy groups -OCH3 is 1. The fourth-order valence-corrected chi connectivity index (χ4v) is 2.80. The van der Waals surface area contributed by atoms with Crippen molar-refractivity contribution in [2.24, 2.45) is 7.05 Å². The van der Waals surface area contributed by atoms with Crippen LogP contribution < -0.4 is 10.6 Å². The maximum atomic E-state index is 12.4. The van der Waals surface area contributed by atoms with E-state index >= 15 is 0 Å². The molecule has 2 N–H and O–H groups in total. The van der Waals surface area contributed by atoms with Crippen LogP contribution in [0.1, 0.15) is 10.5 Å². The zero-order valence-corrected chi connectivity index (χ0v) is 12.9. The number of aryl methyl sites for hydroxylation is 1. The summed E-state index contributed by atoms with van der Waals surface area (Å²) in [6.07, 6.45) is 0.0358. The number of carbonyl (C=O) groups is 1. The number of amides is 1. The Labute approximate surface area is 130 Å². The molecule has 3 rings (SSSR count). The van der Waals surface area contributed by atoms with Crippen molar-refractivity contribution in [3.05, 3.63) is 36.0 Å². The molecule has 0 spiro atoms. The predicted octanol–water partition coefficient (Wildman–Crippen LogP) is 1.32.